The first kappa shape index (κ1) is 15.8. The summed E-state index contributed by atoms with van der Waals surface area (Å²) in [6, 6.07) is 11.0. The SMILES string of the molecule is COc1ccccc1CNC(=O)CCc1nc(-c2ccco2)no1. The van der Waals surface area contributed by atoms with Crippen molar-refractivity contribution in [3.05, 3.63) is 54.1 Å². The molecule has 2 heterocycles. The second kappa shape index (κ2) is 7.45. The number of benzene rings is 1. The van der Waals surface area contributed by atoms with Crippen molar-refractivity contribution < 1.29 is 18.5 Å². The number of aromatic nitrogens is 2. The first-order valence-corrected chi connectivity index (χ1v) is 7.51. The number of amides is 1. The van der Waals surface area contributed by atoms with Gasteiger partial charge in [0.25, 0.3) is 0 Å². The van der Waals surface area contributed by atoms with Crippen LogP contribution in [0.25, 0.3) is 11.6 Å². The van der Waals surface area contributed by atoms with E-state index in [1.807, 2.05) is 24.3 Å². The van der Waals surface area contributed by atoms with E-state index >= 15 is 0 Å². The highest BCUT2D eigenvalue weighted by molar-refractivity contribution is 5.76. The number of ether oxygens (including phenoxy) is 1. The van der Waals surface area contributed by atoms with Crippen LogP contribution in [0.2, 0.25) is 0 Å². The Kier molecular flexibility index (Phi) is 4.90. The number of nitrogens with zero attached hydrogens (tertiary/aromatic N) is 2. The number of furan rings is 1. The summed E-state index contributed by atoms with van der Waals surface area (Å²) in [7, 11) is 1.60. The number of methoxy groups -OCH3 is 1. The van der Waals surface area contributed by atoms with Crippen molar-refractivity contribution in [3.8, 4) is 17.3 Å². The lowest BCUT2D eigenvalue weighted by Crippen LogP contribution is -2.23. The van der Waals surface area contributed by atoms with Crippen molar-refractivity contribution in [2.24, 2.45) is 0 Å². The number of nitrogens with one attached hydrogen (secondary N) is 1. The van der Waals surface area contributed by atoms with Crippen molar-refractivity contribution in [1.82, 2.24) is 15.5 Å². The van der Waals surface area contributed by atoms with Crippen LogP contribution in [-0.4, -0.2) is 23.2 Å². The van der Waals surface area contributed by atoms with Crippen LogP contribution in [-0.2, 0) is 17.8 Å². The molecule has 7 heteroatoms. The Balaban J connectivity index is 1.49. The molecule has 0 aliphatic rings. The maximum atomic E-state index is 12.0. The molecule has 0 spiro atoms. The maximum Gasteiger partial charge on any atom is 0.238 e. The molecule has 3 rings (SSSR count). The van der Waals surface area contributed by atoms with Crippen LogP contribution in [0, 0.1) is 0 Å². The molecule has 24 heavy (non-hydrogen) atoms. The lowest BCUT2D eigenvalue weighted by molar-refractivity contribution is -0.121. The minimum Gasteiger partial charge on any atom is -0.496 e. The van der Waals surface area contributed by atoms with Crippen LogP contribution >= 0.6 is 0 Å². The highest BCUT2D eigenvalue weighted by Crippen LogP contribution is 2.17. The fourth-order valence-corrected chi connectivity index (χ4v) is 2.21. The van der Waals surface area contributed by atoms with Gasteiger partial charge in [-0.3, -0.25) is 4.79 Å². The van der Waals surface area contributed by atoms with Crippen molar-refractivity contribution in [1.29, 1.82) is 0 Å². The third-order valence-electron chi connectivity index (χ3n) is 3.44. The quantitative estimate of drug-likeness (QED) is 0.717. The molecule has 7 nitrogen and oxygen atoms in total. The smallest absolute Gasteiger partial charge is 0.238 e. The maximum absolute atomic E-state index is 12.0. The normalized spacial score (nSPS) is 10.5. The zero-order valence-electron chi connectivity index (χ0n) is 13.2. The average molecular weight is 327 g/mol. The number of carbonyl (C=O) groups is 1. The predicted molar refractivity (Wildman–Crippen MR) is 85.2 cm³/mol. The Morgan fingerprint density at radius 3 is 2.92 bits per heavy atom. The molecule has 0 unspecified atom stereocenters. The molecule has 0 aliphatic carbocycles. The van der Waals surface area contributed by atoms with E-state index in [-0.39, 0.29) is 12.3 Å². The van der Waals surface area contributed by atoms with Gasteiger partial charge >= 0.3 is 0 Å². The molecule has 0 aliphatic heterocycles. The molecule has 1 amide bonds. The average Bonchev–Trinajstić information content (AvgIpc) is 3.29. The molecule has 0 radical (unpaired) electrons. The lowest BCUT2D eigenvalue weighted by Gasteiger charge is -2.09. The van der Waals surface area contributed by atoms with Gasteiger partial charge in [-0.05, 0) is 18.2 Å². The van der Waals surface area contributed by atoms with E-state index in [4.69, 9.17) is 13.7 Å². The van der Waals surface area contributed by atoms with Gasteiger partial charge in [-0.2, -0.15) is 4.98 Å². The molecule has 2 aromatic heterocycles. The van der Waals surface area contributed by atoms with Crippen LogP contribution < -0.4 is 10.1 Å². The van der Waals surface area contributed by atoms with Gasteiger partial charge < -0.3 is 19.0 Å². The number of hydrogen-bond acceptors (Lipinski definition) is 6. The van der Waals surface area contributed by atoms with E-state index in [0.29, 0.717) is 30.4 Å². The standard InChI is InChI=1S/C17H17N3O4/c1-22-13-6-3-2-5-12(13)11-18-15(21)8-9-16-19-17(20-24-16)14-7-4-10-23-14/h2-7,10H,8-9,11H2,1H3,(H,18,21). The topological polar surface area (TPSA) is 90.4 Å². The third-order valence-corrected chi connectivity index (χ3v) is 3.44. The molecule has 0 saturated heterocycles. The van der Waals surface area contributed by atoms with Gasteiger partial charge in [0.15, 0.2) is 5.76 Å². The molecule has 0 bridgehead atoms. The summed E-state index contributed by atoms with van der Waals surface area (Å²) >= 11 is 0. The van der Waals surface area contributed by atoms with Gasteiger partial charge in [-0.25, -0.2) is 0 Å². The van der Waals surface area contributed by atoms with E-state index in [1.165, 1.54) is 6.26 Å². The largest absolute Gasteiger partial charge is 0.496 e. The van der Waals surface area contributed by atoms with Crippen LogP contribution in [0.1, 0.15) is 17.9 Å². The van der Waals surface area contributed by atoms with Gasteiger partial charge in [0.2, 0.25) is 17.6 Å². The Bertz CT molecular complexity index is 796. The van der Waals surface area contributed by atoms with Crippen LogP contribution in [0.3, 0.4) is 0 Å². The molecular weight excluding hydrogens is 310 g/mol. The molecule has 124 valence electrons. The Hall–Kier alpha value is -3.09. The van der Waals surface area contributed by atoms with E-state index < -0.39 is 0 Å². The Labute approximate surface area is 138 Å². The zero-order chi connectivity index (χ0) is 16.8. The van der Waals surface area contributed by atoms with Crippen LogP contribution in [0.15, 0.2) is 51.6 Å². The first-order chi connectivity index (χ1) is 11.8. The zero-order valence-corrected chi connectivity index (χ0v) is 13.2. The Morgan fingerprint density at radius 2 is 2.12 bits per heavy atom. The van der Waals surface area contributed by atoms with Crippen LogP contribution in [0.4, 0.5) is 0 Å². The van der Waals surface area contributed by atoms with E-state index in [0.717, 1.165) is 11.3 Å². The first-order valence-electron chi connectivity index (χ1n) is 7.51. The van der Waals surface area contributed by atoms with Gasteiger partial charge in [-0.15, -0.1) is 0 Å². The second-order valence-electron chi connectivity index (χ2n) is 5.08. The minimum absolute atomic E-state index is 0.0985. The molecule has 0 atom stereocenters. The van der Waals surface area contributed by atoms with Gasteiger partial charge in [0.05, 0.1) is 13.4 Å². The number of rotatable bonds is 7. The van der Waals surface area contributed by atoms with E-state index in [2.05, 4.69) is 15.5 Å². The third kappa shape index (κ3) is 3.81. The minimum atomic E-state index is -0.0985. The van der Waals surface area contributed by atoms with Crippen molar-refractivity contribution in [2.45, 2.75) is 19.4 Å². The highest BCUT2D eigenvalue weighted by atomic mass is 16.5. The molecule has 0 fully saturated rings. The molecular formula is C17H17N3O4. The second-order valence-corrected chi connectivity index (χ2v) is 5.08. The summed E-state index contributed by atoms with van der Waals surface area (Å²) in [4.78, 5) is 16.2. The highest BCUT2D eigenvalue weighted by Gasteiger charge is 2.12. The molecule has 1 aromatic carbocycles. The number of para-hydroxylation sites is 1. The van der Waals surface area contributed by atoms with E-state index in [1.54, 1.807) is 19.2 Å². The summed E-state index contributed by atoms with van der Waals surface area (Å²) in [6.07, 6.45) is 2.16. The van der Waals surface area contributed by atoms with Crippen LogP contribution in [0.5, 0.6) is 5.75 Å². The number of carbonyl (C=O) groups excluding carboxylic acids is 1. The number of hydrogen-bond donors (Lipinski definition) is 1. The summed E-state index contributed by atoms with van der Waals surface area (Å²) in [6.45, 7) is 0.407. The molecule has 3 aromatic rings. The lowest BCUT2D eigenvalue weighted by atomic mass is 10.2. The van der Waals surface area contributed by atoms with Gasteiger partial charge in [0.1, 0.15) is 5.75 Å². The monoisotopic (exact) mass is 327 g/mol. The molecule has 1 N–H and O–H groups in total. The molecule has 0 saturated carbocycles. The summed E-state index contributed by atoms with van der Waals surface area (Å²) in [5, 5.41) is 6.68. The van der Waals surface area contributed by atoms with Crippen molar-refractivity contribution in [3.63, 3.8) is 0 Å². The predicted octanol–water partition coefficient (Wildman–Crippen LogP) is 2.59. The Morgan fingerprint density at radius 1 is 1.25 bits per heavy atom. The van der Waals surface area contributed by atoms with Gasteiger partial charge in [0, 0.05) is 24.9 Å². The summed E-state index contributed by atoms with van der Waals surface area (Å²) in [5.41, 5.74) is 0.922. The number of aryl methyl sites for hydroxylation is 1. The fraction of sp³-hybridized carbons (Fsp3) is 0.235. The van der Waals surface area contributed by atoms with E-state index in [9.17, 15) is 4.79 Å². The fourth-order valence-electron chi connectivity index (χ4n) is 2.21. The van der Waals surface area contributed by atoms with Crippen molar-refractivity contribution in [2.75, 3.05) is 7.11 Å². The summed E-state index contributed by atoms with van der Waals surface area (Å²) in [5.74, 6) is 1.96. The summed E-state index contributed by atoms with van der Waals surface area (Å²) < 4.78 is 15.6. The van der Waals surface area contributed by atoms with Gasteiger partial charge in [-0.1, -0.05) is 23.4 Å². The van der Waals surface area contributed by atoms with Crippen molar-refractivity contribution >= 4 is 5.91 Å².